The summed E-state index contributed by atoms with van der Waals surface area (Å²) in [6, 6.07) is 8.39. The Morgan fingerprint density at radius 3 is 2.96 bits per heavy atom. The van der Waals surface area contributed by atoms with E-state index in [1.807, 2.05) is 0 Å². The molecule has 0 bridgehead atoms. The molecule has 1 aromatic heterocycles. The largest absolute Gasteiger partial charge is 0.378 e. The zero-order valence-corrected chi connectivity index (χ0v) is 14.2. The van der Waals surface area contributed by atoms with Crippen molar-refractivity contribution in [3.8, 4) is 10.6 Å². The van der Waals surface area contributed by atoms with E-state index in [9.17, 15) is 4.79 Å². The lowest BCUT2D eigenvalue weighted by Gasteiger charge is -2.09. The number of carbonyl (C=O) groups is 1. The van der Waals surface area contributed by atoms with Crippen LogP contribution < -0.4 is 5.32 Å². The van der Waals surface area contributed by atoms with Gasteiger partial charge >= 0.3 is 0 Å². The van der Waals surface area contributed by atoms with Crippen molar-refractivity contribution in [1.82, 2.24) is 10.3 Å². The standard InChI is InChI=1S/C18H22N2O2S/c1-13-4-6-14(7-5-13)18-20-15(12-23-18)8-9-19-17(21)11-16-3-2-10-22-16/h4-7,12,16H,2-3,8-11H2,1H3,(H,19,21)/t16-/m0/s1. The molecule has 1 aromatic carbocycles. The first kappa shape index (κ1) is 16.1. The first-order chi connectivity index (χ1) is 11.2. The summed E-state index contributed by atoms with van der Waals surface area (Å²) in [6.45, 7) is 3.50. The van der Waals surface area contributed by atoms with Gasteiger partial charge < -0.3 is 10.1 Å². The number of nitrogens with one attached hydrogen (secondary N) is 1. The first-order valence-corrected chi connectivity index (χ1v) is 8.98. The maximum Gasteiger partial charge on any atom is 0.222 e. The van der Waals surface area contributed by atoms with Gasteiger partial charge in [0.1, 0.15) is 5.01 Å². The van der Waals surface area contributed by atoms with Crippen LogP contribution in [0.2, 0.25) is 0 Å². The van der Waals surface area contributed by atoms with Crippen LogP contribution in [0.3, 0.4) is 0 Å². The SMILES string of the molecule is Cc1ccc(-c2nc(CCNC(=O)C[C@@H]3CCCO3)cs2)cc1. The summed E-state index contributed by atoms with van der Waals surface area (Å²) in [5.74, 6) is 0.0749. The quantitative estimate of drug-likeness (QED) is 0.884. The predicted octanol–water partition coefficient (Wildman–Crippen LogP) is 3.35. The van der Waals surface area contributed by atoms with E-state index in [1.165, 1.54) is 5.56 Å². The maximum atomic E-state index is 11.8. The normalized spacial score (nSPS) is 17.3. The van der Waals surface area contributed by atoms with Gasteiger partial charge in [0.25, 0.3) is 0 Å². The molecule has 1 saturated heterocycles. The Hall–Kier alpha value is -1.72. The smallest absolute Gasteiger partial charge is 0.222 e. The number of rotatable bonds is 6. The number of aromatic nitrogens is 1. The lowest BCUT2D eigenvalue weighted by molar-refractivity contribution is -0.123. The van der Waals surface area contributed by atoms with Gasteiger partial charge in [0.05, 0.1) is 18.2 Å². The van der Waals surface area contributed by atoms with Gasteiger partial charge in [0, 0.05) is 30.5 Å². The zero-order valence-electron chi connectivity index (χ0n) is 13.4. The van der Waals surface area contributed by atoms with Crippen LogP contribution in [0.1, 0.15) is 30.5 Å². The Labute approximate surface area is 140 Å². The van der Waals surface area contributed by atoms with Gasteiger partial charge in [-0.1, -0.05) is 29.8 Å². The van der Waals surface area contributed by atoms with Crippen molar-refractivity contribution >= 4 is 17.2 Å². The minimum atomic E-state index is 0.0749. The fourth-order valence-electron chi connectivity index (χ4n) is 2.66. The molecule has 2 aromatic rings. The lowest BCUT2D eigenvalue weighted by Crippen LogP contribution is -2.29. The molecular formula is C18H22N2O2S. The Balaban J connectivity index is 1.45. The Morgan fingerprint density at radius 2 is 2.22 bits per heavy atom. The number of aryl methyl sites for hydroxylation is 1. The third-order valence-corrected chi connectivity index (χ3v) is 4.93. The first-order valence-electron chi connectivity index (χ1n) is 8.10. The van der Waals surface area contributed by atoms with E-state index in [1.54, 1.807) is 11.3 Å². The van der Waals surface area contributed by atoms with Crippen molar-refractivity contribution < 1.29 is 9.53 Å². The van der Waals surface area contributed by atoms with Crippen LogP contribution in [-0.2, 0) is 16.0 Å². The zero-order chi connectivity index (χ0) is 16.1. The van der Waals surface area contributed by atoms with Gasteiger partial charge in [-0.05, 0) is 19.8 Å². The van der Waals surface area contributed by atoms with Gasteiger partial charge in [0.15, 0.2) is 0 Å². The maximum absolute atomic E-state index is 11.8. The van der Waals surface area contributed by atoms with Crippen LogP contribution >= 0.6 is 11.3 Å². The molecule has 122 valence electrons. The molecule has 5 heteroatoms. The summed E-state index contributed by atoms with van der Waals surface area (Å²) in [4.78, 5) is 16.5. The highest BCUT2D eigenvalue weighted by molar-refractivity contribution is 7.13. The summed E-state index contributed by atoms with van der Waals surface area (Å²) >= 11 is 1.65. The van der Waals surface area contributed by atoms with Gasteiger partial charge in [-0.2, -0.15) is 0 Å². The molecular weight excluding hydrogens is 308 g/mol. The summed E-state index contributed by atoms with van der Waals surface area (Å²) in [5.41, 5.74) is 3.43. The molecule has 1 fully saturated rings. The third kappa shape index (κ3) is 4.62. The minimum absolute atomic E-state index is 0.0749. The lowest BCUT2D eigenvalue weighted by atomic mass is 10.1. The van der Waals surface area contributed by atoms with E-state index in [4.69, 9.17) is 4.74 Å². The van der Waals surface area contributed by atoms with Crippen molar-refractivity contribution in [2.24, 2.45) is 0 Å². The molecule has 1 aliphatic heterocycles. The minimum Gasteiger partial charge on any atom is -0.378 e. The van der Waals surface area contributed by atoms with Gasteiger partial charge in [-0.3, -0.25) is 4.79 Å². The van der Waals surface area contributed by atoms with Gasteiger partial charge in [0.2, 0.25) is 5.91 Å². The summed E-state index contributed by atoms with van der Waals surface area (Å²) < 4.78 is 5.48. The van der Waals surface area contributed by atoms with Gasteiger partial charge in [-0.15, -0.1) is 11.3 Å². The van der Waals surface area contributed by atoms with Crippen molar-refractivity contribution in [2.45, 2.75) is 38.7 Å². The monoisotopic (exact) mass is 330 g/mol. The number of amides is 1. The molecule has 0 radical (unpaired) electrons. The predicted molar refractivity (Wildman–Crippen MR) is 92.6 cm³/mol. The summed E-state index contributed by atoms with van der Waals surface area (Å²) in [5, 5.41) is 6.06. The second kappa shape index (κ2) is 7.70. The second-order valence-corrected chi connectivity index (χ2v) is 6.81. The molecule has 1 amide bonds. The number of carbonyl (C=O) groups excluding carboxylic acids is 1. The molecule has 23 heavy (non-hydrogen) atoms. The molecule has 0 unspecified atom stereocenters. The molecule has 0 spiro atoms. The number of nitrogens with zero attached hydrogens (tertiary/aromatic N) is 1. The Bertz CT molecular complexity index is 645. The van der Waals surface area contributed by atoms with E-state index in [0.29, 0.717) is 13.0 Å². The average Bonchev–Trinajstić information content (AvgIpc) is 3.20. The van der Waals surface area contributed by atoms with Crippen molar-refractivity contribution in [3.63, 3.8) is 0 Å². The number of benzene rings is 1. The van der Waals surface area contributed by atoms with Gasteiger partial charge in [-0.25, -0.2) is 4.98 Å². The van der Waals surface area contributed by atoms with Crippen molar-refractivity contribution in [1.29, 1.82) is 0 Å². The average molecular weight is 330 g/mol. The Morgan fingerprint density at radius 1 is 1.39 bits per heavy atom. The van der Waals surface area contributed by atoms with Crippen molar-refractivity contribution in [3.05, 3.63) is 40.9 Å². The number of ether oxygens (including phenoxy) is 1. The molecule has 3 rings (SSSR count). The second-order valence-electron chi connectivity index (χ2n) is 5.95. The molecule has 2 heterocycles. The molecule has 0 aliphatic carbocycles. The fourth-order valence-corrected chi connectivity index (χ4v) is 3.53. The highest BCUT2D eigenvalue weighted by Crippen LogP contribution is 2.24. The highest BCUT2D eigenvalue weighted by Gasteiger charge is 2.18. The van der Waals surface area contributed by atoms with E-state index in [0.717, 1.165) is 42.1 Å². The summed E-state index contributed by atoms with van der Waals surface area (Å²) in [6.07, 6.45) is 3.42. The fraction of sp³-hybridized carbons (Fsp3) is 0.444. The molecule has 0 saturated carbocycles. The van der Waals surface area contributed by atoms with Crippen LogP contribution in [0.5, 0.6) is 0 Å². The summed E-state index contributed by atoms with van der Waals surface area (Å²) in [7, 11) is 0. The van der Waals surface area contributed by atoms with Crippen LogP contribution in [0, 0.1) is 6.92 Å². The number of hydrogen-bond donors (Lipinski definition) is 1. The Kier molecular flexibility index (Phi) is 5.41. The van der Waals surface area contributed by atoms with Crippen molar-refractivity contribution in [2.75, 3.05) is 13.2 Å². The number of thiazole rings is 1. The van der Waals surface area contributed by atoms with Crippen LogP contribution in [0.4, 0.5) is 0 Å². The third-order valence-electron chi connectivity index (χ3n) is 3.99. The van der Waals surface area contributed by atoms with Crippen LogP contribution in [0.25, 0.3) is 10.6 Å². The molecule has 1 aliphatic rings. The van der Waals surface area contributed by atoms with E-state index in [2.05, 4.69) is 46.9 Å². The topological polar surface area (TPSA) is 51.2 Å². The van der Waals surface area contributed by atoms with E-state index < -0.39 is 0 Å². The van der Waals surface area contributed by atoms with Crippen LogP contribution in [-0.4, -0.2) is 30.1 Å². The van der Waals surface area contributed by atoms with E-state index in [-0.39, 0.29) is 12.0 Å². The van der Waals surface area contributed by atoms with E-state index >= 15 is 0 Å². The van der Waals surface area contributed by atoms with Crippen LogP contribution in [0.15, 0.2) is 29.6 Å². The number of hydrogen-bond acceptors (Lipinski definition) is 4. The molecule has 4 nitrogen and oxygen atoms in total. The molecule has 1 N–H and O–H groups in total. The highest BCUT2D eigenvalue weighted by atomic mass is 32.1. The molecule has 1 atom stereocenters.